The lowest BCUT2D eigenvalue weighted by atomic mass is 9.78. The Kier molecular flexibility index (Phi) is 4.24. The van der Waals surface area contributed by atoms with Crippen molar-refractivity contribution in [3.63, 3.8) is 0 Å². The Morgan fingerprint density at radius 1 is 1.25 bits per heavy atom. The lowest BCUT2D eigenvalue weighted by molar-refractivity contribution is -0.142. The zero-order chi connectivity index (χ0) is 14.0. The standard InChI is InChI=1S/C16H19BrO3/c17-14-3-1-2-12(10-14)15(18)13-4-7-20-16(11-13)5-8-19-9-6-16/h1-3,10,13H,4-9,11H2. The van der Waals surface area contributed by atoms with E-state index in [9.17, 15) is 4.79 Å². The number of ketones is 1. The molecule has 0 bridgehead atoms. The number of halogens is 1. The predicted octanol–water partition coefficient (Wildman–Crippen LogP) is 3.61. The summed E-state index contributed by atoms with van der Waals surface area (Å²) in [6.07, 6.45) is 3.49. The molecule has 108 valence electrons. The van der Waals surface area contributed by atoms with Crippen LogP contribution in [0.1, 0.15) is 36.0 Å². The second-order valence-electron chi connectivity index (χ2n) is 5.71. The third-order valence-corrected chi connectivity index (χ3v) is 4.87. The van der Waals surface area contributed by atoms with Gasteiger partial charge in [0.1, 0.15) is 0 Å². The van der Waals surface area contributed by atoms with Crippen molar-refractivity contribution >= 4 is 21.7 Å². The molecule has 4 heteroatoms. The summed E-state index contributed by atoms with van der Waals surface area (Å²) in [5.74, 6) is 0.330. The molecule has 2 heterocycles. The zero-order valence-corrected chi connectivity index (χ0v) is 13.0. The fourth-order valence-electron chi connectivity index (χ4n) is 3.22. The zero-order valence-electron chi connectivity index (χ0n) is 11.4. The van der Waals surface area contributed by atoms with Gasteiger partial charge in [-0.15, -0.1) is 0 Å². The van der Waals surface area contributed by atoms with Crippen molar-refractivity contribution in [2.75, 3.05) is 19.8 Å². The molecule has 3 rings (SSSR count). The second kappa shape index (κ2) is 5.96. The van der Waals surface area contributed by atoms with Gasteiger partial charge in [-0.1, -0.05) is 28.1 Å². The lowest BCUT2D eigenvalue weighted by Gasteiger charge is -2.42. The normalized spacial score (nSPS) is 25.6. The molecular formula is C16H19BrO3. The minimum atomic E-state index is -0.122. The Morgan fingerprint density at radius 2 is 2.05 bits per heavy atom. The van der Waals surface area contributed by atoms with Gasteiger partial charge in [0.05, 0.1) is 5.60 Å². The number of Topliss-reactive ketones (excluding diaryl/α,β-unsaturated/α-hetero) is 1. The van der Waals surface area contributed by atoms with Crippen molar-refractivity contribution in [3.8, 4) is 0 Å². The third-order valence-electron chi connectivity index (χ3n) is 4.38. The first-order chi connectivity index (χ1) is 9.69. The molecule has 0 aromatic heterocycles. The molecule has 1 aromatic rings. The van der Waals surface area contributed by atoms with Crippen LogP contribution in [0.25, 0.3) is 0 Å². The number of carbonyl (C=O) groups excluding carboxylic acids is 1. The largest absolute Gasteiger partial charge is 0.381 e. The molecule has 2 aliphatic rings. The maximum Gasteiger partial charge on any atom is 0.166 e. The van der Waals surface area contributed by atoms with E-state index in [1.165, 1.54) is 0 Å². The van der Waals surface area contributed by atoms with Gasteiger partial charge in [-0.2, -0.15) is 0 Å². The molecule has 2 fully saturated rings. The van der Waals surface area contributed by atoms with Gasteiger partial charge in [-0.05, 0) is 37.8 Å². The summed E-state index contributed by atoms with van der Waals surface area (Å²) in [6, 6.07) is 7.68. The molecule has 0 amide bonds. The van der Waals surface area contributed by atoms with Gasteiger partial charge in [0.15, 0.2) is 5.78 Å². The average Bonchev–Trinajstić information content (AvgIpc) is 2.47. The van der Waals surface area contributed by atoms with Crippen molar-refractivity contribution in [3.05, 3.63) is 34.3 Å². The van der Waals surface area contributed by atoms with Crippen LogP contribution in [-0.2, 0) is 9.47 Å². The molecule has 0 aliphatic carbocycles. The molecule has 1 spiro atoms. The summed E-state index contributed by atoms with van der Waals surface area (Å²) < 4.78 is 12.4. The highest BCUT2D eigenvalue weighted by Gasteiger charge is 2.41. The van der Waals surface area contributed by atoms with E-state index >= 15 is 0 Å². The molecule has 2 aliphatic heterocycles. The van der Waals surface area contributed by atoms with Crippen LogP contribution in [0.5, 0.6) is 0 Å². The van der Waals surface area contributed by atoms with Crippen molar-refractivity contribution in [2.45, 2.75) is 31.3 Å². The number of carbonyl (C=O) groups is 1. The van der Waals surface area contributed by atoms with Crippen LogP contribution >= 0.6 is 15.9 Å². The predicted molar refractivity (Wildman–Crippen MR) is 79.9 cm³/mol. The molecule has 20 heavy (non-hydrogen) atoms. The molecule has 3 nitrogen and oxygen atoms in total. The summed E-state index contributed by atoms with van der Waals surface area (Å²) in [5, 5.41) is 0. The van der Waals surface area contributed by atoms with E-state index < -0.39 is 0 Å². The average molecular weight is 339 g/mol. The Balaban J connectivity index is 1.74. The smallest absolute Gasteiger partial charge is 0.166 e. The topological polar surface area (TPSA) is 35.5 Å². The maximum absolute atomic E-state index is 12.7. The van der Waals surface area contributed by atoms with Crippen LogP contribution < -0.4 is 0 Å². The van der Waals surface area contributed by atoms with Gasteiger partial charge in [-0.3, -0.25) is 4.79 Å². The number of benzene rings is 1. The van der Waals surface area contributed by atoms with E-state index in [0.29, 0.717) is 6.61 Å². The van der Waals surface area contributed by atoms with Gasteiger partial charge in [0, 0.05) is 35.8 Å². The quantitative estimate of drug-likeness (QED) is 0.773. The van der Waals surface area contributed by atoms with Gasteiger partial charge in [0.25, 0.3) is 0 Å². The SMILES string of the molecule is O=C(c1cccc(Br)c1)C1CCOC2(CCOCC2)C1. The lowest BCUT2D eigenvalue weighted by Crippen LogP contribution is -2.45. The highest BCUT2D eigenvalue weighted by atomic mass is 79.9. The first kappa shape index (κ1) is 14.2. The number of rotatable bonds is 2. The molecule has 1 unspecified atom stereocenters. The minimum Gasteiger partial charge on any atom is -0.381 e. The van der Waals surface area contributed by atoms with E-state index in [1.54, 1.807) is 0 Å². The van der Waals surface area contributed by atoms with Crippen molar-refractivity contribution < 1.29 is 14.3 Å². The first-order valence-electron chi connectivity index (χ1n) is 7.20. The molecule has 0 N–H and O–H groups in total. The van der Waals surface area contributed by atoms with Crippen molar-refractivity contribution in [1.29, 1.82) is 0 Å². The van der Waals surface area contributed by atoms with E-state index in [0.717, 1.165) is 48.9 Å². The Labute approximate surface area is 127 Å². The van der Waals surface area contributed by atoms with E-state index in [-0.39, 0.29) is 17.3 Å². The molecule has 0 radical (unpaired) electrons. The Hall–Kier alpha value is -0.710. The van der Waals surface area contributed by atoms with Crippen LogP contribution in [0.3, 0.4) is 0 Å². The van der Waals surface area contributed by atoms with Crippen LogP contribution in [0.2, 0.25) is 0 Å². The van der Waals surface area contributed by atoms with Gasteiger partial charge in [0.2, 0.25) is 0 Å². The van der Waals surface area contributed by atoms with E-state index in [4.69, 9.17) is 9.47 Å². The van der Waals surface area contributed by atoms with Crippen LogP contribution in [-0.4, -0.2) is 31.2 Å². The molecule has 2 saturated heterocycles. The first-order valence-corrected chi connectivity index (χ1v) is 7.99. The van der Waals surface area contributed by atoms with Crippen LogP contribution in [0.4, 0.5) is 0 Å². The number of hydrogen-bond acceptors (Lipinski definition) is 3. The van der Waals surface area contributed by atoms with Crippen molar-refractivity contribution in [2.24, 2.45) is 5.92 Å². The van der Waals surface area contributed by atoms with Gasteiger partial charge in [-0.25, -0.2) is 0 Å². The van der Waals surface area contributed by atoms with E-state index in [1.807, 2.05) is 24.3 Å². The minimum absolute atomic E-state index is 0.0798. The second-order valence-corrected chi connectivity index (χ2v) is 6.62. The number of ether oxygens (including phenoxy) is 2. The number of hydrogen-bond donors (Lipinski definition) is 0. The molecular weight excluding hydrogens is 320 g/mol. The monoisotopic (exact) mass is 338 g/mol. The van der Waals surface area contributed by atoms with Crippen LogP contribution in [0.15, 0.2) is 28.7 Å². The fraction of sp³-hybridized carbons (Fsp3) is 0.562. The summed E-state index contributed by atoms with van der Waals surface area (Å²) >= 11 is 3.43. The molecule has 1 atom stereocenters. The van der Waals surface area contributed by atoms with Crippen LogP contribution in [0, 0.1) is 5.92 Å². The Morgan fingerprint density at radius 3 is 2.80 bits per heavy atom. The summed E-state index contributed by atoms with van der Waals surface area (Å²) in [4.78, 5) is 12.7. The van der Waals surface area contributed by atoms with E-state index in [2.05, 4.69) is 15.9 Å². The maximum atomic E-state index is 12.7. The fourth-order valence-corrected chi connectivity index (χ4v) is 3.62. The highest BCUT2D eigenvalue weighted by Crippen LogP contribution is 2.38. The molecule has 0 saturated carbocycles. The van der Waals surface area contributed by atoms with Gasteiger partial charge < -0.3 is 9.47 Å². The summed E-state index contributed by atoms with van der Waals surface area (Å²) in [7, 11) is 0. The third kappa shape index (κ3) is 2.97. The summed E-state index contributed by atoms with van der Waals surface area (Å²) in [5.41, 5.74) is 0.677. The van der Waals surface area contributed by atoms with Gasteiger partial charge >= 0.3 is 0 Å². The highest BCUT2D eigenvalue weighted by molar-refractivity contribution is 9.10. The summed E-state index contributed by atoms with van der Waals surface area (Å²) in [6.45, 7) is 2.18. The Bertz CT molecular complexity index is 489. The molecule has 1 aromatic carbocycles. The van der Waals surface area contributed by atoms with Crippen molar-refractivity contribution in [1.82, 2.24) is 0 Å².